The Balaban J connectivity index is 1.95. The zero-order valence-electron chi connectivity index (χ0n) is 13.8. The molecule has 2 N–H and O–H groups in total. The van der Waals surface area contributed by atoms with Crippen molar-refractivity contribution < 1.29 is 23.5 Å². The Morgan fingerprint density at radius 3 is 2.56 bits per heavy atom. The molecule has 2 rings (SSSR count). The Kier molecular flexibility index (Phi) is 6.22. The molecule has 2 aromatic rings. The standard InChI is InChI=1S/C19H19F2NO3/c1-12-4-2-5-13(8-12)9-15(19(24)25)11-22-17(23)10-14-6-3-7-16(20)18(14)21/h2-8,15H,9-11H2,1H3,(H,22,23)(H,24,25). The molecule has 0 saturated heterocycles. The van der Waals surface area contributed by atoms with Crippen LogP contribution in [0.4, 0.5) is 8.78 Å². The smallest absolute Gasteiger partial charge is 0.308 e. The molecule has 0 aliphatic carbocycles. The summed E-state index contributed by atoms with van der Waals surface area (Å²) in [5, 5.41) is 11.8. The molecule has 2 aromatic carbocycles. The van der Waals surface area contributed by atoms with Crippen LogP contribution < -0.4 is 5.32 Å². The van der Waals surface area contributed by atoms with Gasteiger partial charge in [-0.25, -0.2) is 8.78 Å². The van der Waals surface area contributed by atoms with E-state index in [9.17, 15) is 23.5 Å². The number of rotatable bonds is 7. The molecule has 0 radical (unpaired) electrons. The molecular weight excluding hydrogens is 328 g/mol. The van der Waals surface area contributed by atoms with Crippen molar-refractivity contribution in [3.8, 4) is 0 Å². The SMILES string of the molecule is Cc1cccc(CC(CNC(=O)Cc2cccc(F)c2F)C(=O)O)c1. The van der Waals surface area contributed by atoms with Crippen LogP contribution in [0.1, 0.15) is 16.7 Å². The van der Waals surface area contributed by atoms with Crippen LogP contribution in [0.25, 0.3) is 0 Å². The lowest BCUT2D eigenvalue weighted by Gasteiger charge is -2.14. The second kappa shape index (κ2) is 8.37. The van der Waals surface area contributed by atoms with Crippen molar-refractivity contribution in [1.29, 1.82) is 0 Å². The van der Waals surface area contributed by atoms with Crippen molar-refractivity contribution in [2.45, 2.75) is 19.8 Å². The number of carboxylic acid groups (broad SMARTS) is 1. The van der Waals surface area contributed by atoms with Gasteiger partial charge in [0.2, 0.25) is 5.91 Å². The van der Waals surface area contributed by atoms with Gasteiger partial charge in [-0.05, 0) is 25.0 Å². The minimum absolute atomic E-state index is 0.0666. The average Bonchev–Trinajstić information content (AvgIpc) is 2.55. The van der Waals surface area contributed by atoms with Crippen LogP contribution in [-0.2, 0) is 22.4 Å². The second-order valence-corrected chi connectivity index (χ2v) is 5.92. The van der Waals surface area contributed by atoms with Crippen molar-refractivity contribution in [2.24, 2.45) is 5.92 Å². The van der Waals surface area contributed by atoms with E-state index in [0.717, 1.165) is 17.2 Å². The molecule has 0 aliphatic rings. The Labute approximate surface area is 144 Å². The summed E-state index contributed by atoms with van der Waals surface area (Å²) >= 11 is 0. The first-order valence-corrected chi connectivity index (χ1v) is 7.84. The van der Waals surface area contributed by atoms with E-state index in [1.54, 1.807) is 0 Å². The molecule has 0 fully saturated rings. The van der Waals surface area contributed by atoms with Gasteiger partial charge in [0.25, 0.3) is 0 Å². The Morgan fingerprint density at radius 2 is 1.88 bits per heavy atom. The number of hydrogen-bond acceptors (Lipinski definition) is 2. The highest BCUT2D eigenvalue weighted by Gasteiger charge is 2.20. The van der Waals surface area contributed by atoms with Crippen LogP contribution in [0, 0.1) is 24.5 Å². The number of carboxylic acids is 1. The van der Waals surface area contributed by atoms with Crippen LogP contribution in [0.15, 0.2) is 42.5 Å². The fraction of sp³-hybridized carbons (Fsp3) is 0.263. The predicted molar refractivity (Wildman–Crippen MR) is 89.1 cm³/mol. The maximum Gasteiger partial charge on any atom is 0.308 e. The molecule has 0 aliphatic heterocycles. The number of aliphatic carboxylic acids is 1. The average molecular weight is 347 g/mol. The number of benzene rings is 2. The molecule has 1 unspecified atom stereocenters. The van der Waals surface area contributed by atoms with E-state index in [1.165, 1.54) is 12.1 Å². The van der Waals surface area contributed by atoms with Gasteiger partial charge in [0.05, 0.1) is 12.3 Å². The van der Waals surface area contributed by atoms with Crippen molar-refractivity contribution in [3.63, 3.8) is 0 Å². The van der Waals surface area contributed by atoms with Crippen LogP contribution >= 0.6 is 0 Å². The molecule has 1 atom stereocenters. The number of aryl methyl sites for hydroxylation is 1. The molecular formula is C19H19F2NO3. The first-order chi connectivity index (χ1) is 11.9. The van der Waals surface area contributed by atoms with Gasteiger partial charge in [-0.1, -0.05) is 42.0 Å². The monoisotopic (exact) mass is 347 g/mol. The van der Waals surface area contributed by atoms with E-state index >= 15 is 0 Å². The van der Waals surface area contributed by atoms with Gasteiger partial charge in [0, 0.05) is 12.1 Å². The van der Waals surface area contributed by atoms with Gasteiger partial charge in [0.1, 0.15) is 0 Å². The van der Waals surface area contributed by atoms with Crippen molar-refractivity contribution in [2.75, 3.05) is 6.54 Å². The highest BCUT2D eigenvalue weighted by molar-refractivity contribution is 5.79. The number of hydrogen-bond donors (Lipinski definition) is 2. The minimum atomic E-state index is -1.06. The van der Waals surface area contributed by atoms with Crippen molar-refractivity contribution in [1.82, 2.24) is 5.32 Å². The van der Waals surface area contributed by atoms with Gasteiger partial charge < -0.3 is 10.4 Å². The Bertz CT molecular complexity index is 777. The van der Waals surface area contributed by atoms with Gasteiger partial charge >= 0.3 is 5.97 Å². The first kappa shape index (κ1) is 18.6. The fourth-order valence-electron chi connectivity index (χ4n) is 2.53. The van der Waals surface area contributed by atoms with Gasteiger partial charge in [-0.15, -0.1) is 0 Å². The zero-order valence-corrected chi connectivity index (χ0v) is 13.8. The molecule has 0 heterocycles. The summed E-state index contributed by atoms with van der Waals surface area (Å²) in [4.78, 5) is 23.3. The lowest BCUT2D eigenvalue weighted by atomic mass is 9.98. The third kappa shape index (κ3) is 5.38. The summed E-state index contributed by atoms with van der Waals surface area (Å²) in [5.41, 5.74) is 1.81. The Hall–Kier alpha value is -2.76. The van der Waals surface area contributed by atoms with Crippen LogP contribution in [0.5, 0.6) is 0 Å². The quantitative estimate of drug-likeness (QED) is 0.809. The molecule has 4 nitrogen and oxygen atoms in total. The zero-order chi connectivity index (χ0) is 18.4. The number of halogens is 2. The van der Waals surface area contributed by atoms with E-state index < -0.39 is 29.4 Å². The van der Waals surface area contributed by atoms with Crippen LogP contribution in [-0.4, -0.2) is 23.5 Å². The maximum absolute atomic E-state index is 13.6. The molecule has 132 valence electrons. The number of carbonyl (C=O) groups excluding carboxylic acids is 1. The van der Waals surface area contributed by atoms with E-state index in [-0.39, 0.29) is 24.9 Å². The Morgan fingerprint density at radius 1 is 1.16 bits per heavy atom. The summed E-state index contributed by atoms with van der Waals surface area (Å²) in [5.74, 6) is -4.47. The predicted octanol–water partition coefficient (Wildman–Crippen LogP) is 2.88. The normalized spacial score (nSPS) is 11.8. The summed E-state index contributed by atoms with van der Waals surface area (Å²) in [6.07, 6.45) is -0.0774. The highest BCUT2D eigenvalue weighted by Crippen LogP contribution is 2.13. The maximum atomic E-state index is 13.6. The summed E-state index contributed by atoms with van der Waals surface area (Å²) < 4.78 is 26.7. The third-order valence-corrected chi connectivity index (χ3v) is 3.84. The third-order valence-electron chi connectivity index (χ3n) is 3.84. The van der Waals surface area contributed by atoms with Gasteiger partial charge in [-0.3, -0.25) is 9.59 Å². The van der Waals surface area contributed by atoms with Crippen molar-refractivity contribution >= 4 is 11.9 Å². The van der Waals surface area contributed by atoms with Crippen LogP contribution in [0.3, 0.4) is 0 Å². The second-order valence-electron chi connectivity index (χ2n) is 5.92. The highest BCUT2D eigenvalue weighted by atomic mass is 19.2. The summed E-state index contributed by atoms with van der Waals surface area (Å²) in [6, 6.07) is 11.1. The van der Waals surface area contributed by atoms with E-state index in [0.29, 0.717) is 0 Å². The minimum Gasteiger partial charge on any atom is -0.481 e. The molecule has 6 heteroatoms. The number of carbonyl (C=O) groups is 2. The van der Waals surface area contributed by atoms with Crippen LogP contribution in [0.2, 0.25) is 0 Å². The lowest BCUT2D eigenvalue weighted by Crippen LogP contribution is -2.35. The van der Waals surface area contributed by atoms with E-state index in [4.69, 9.17) is 0 Å². The summed E-state index contributed by atoms with van der Waals surface area (Å²) in [7, 11) is 0. The molecule has 0 aromatic heterocycles. The largest absolute Gasteiger partial charge is 0.481 e. The number of nitrogens with one attached hydrogen (secondary N) is 1. The first-order valence-electron chi connectivity index (χ1n) is 7.84. The topological polar surface area (TPSA) is 66.4 Å². The molecule has 25 heavy (non-hydrogen) atoms. The number of amides is 1. The fourth-order valence-corrected chi connectivity index (χ4v) is 2.53. The van der Waals surface area contributed by atoms with E-state index in [1.807, 2.05) is 31.2 Å². The molecule has 0 spiro atoms. The molecule has 0 saturated carbocycles. The van der Waals surface area contributed by atoms with Gasteiger partial charge in [-0.2, -0.15) is 0 Å². The molecule has 1 amide bonds. The molecule has 0 bridgehead atoms. The van der Waals surface area contributed by atoms with Gasteiger partial charge in [0.15, 0.2) is 11.6 Å². The van der Waals surface area contributed by atoms with E-state index in [2.05, 4.69) is 5.32 Å². The lowest BCUT2D eigenvalue weighted by molar-refractivity contribution is -0.141. The van der Waals surface area contributed by atoms with Crippen molar-refractivity contribution in [3.05, 3.63) is 70.8 Å². The summed E-state index contributed by atoms with van der Waals surface area (Å²) in [6.45, 7) is 1.83.